The molecule has 0 amide bonds. The predicted octanol–water partition coefficient (Wildman–Crippen LogP) is 4.49. The highest BCUT2D eigenvalue weighted by molar-refractivity contribution is 7.99. The van der Waals surface area contributed by atoms with Crippen LogP contribution in [0.3, 0.4) is 0 Å². The molecule has 1 aromatic heterocycles. The summed E-state index contributed by atoms with van der Waals surface area (Å²) in [5, 5.41) is 9.82. The Labute approximate surface area is 186 Å². The lowest BCUT2D eigenvalue weighted by Crippen LogP contribution is -2.32. The zero-order valence-electron chi connectivity index (χ0n) is 16.5. The average Bonchev–Trinajstić information content (AvgIpc) is 3.15. The Kier molecular flexibility index (Phi) is 7.71. The van der Waals surface area contributed by atoms with Crippen molar-refractivity contribution in [2.45, 2.75) is 36.0 Å². The molecule has 0 saturated heterocycles. The molecular formula is C21H23ClN4O2S2. The number of thioether (sulfide) groups is 1. The second kappa shape index (κ2) is 10.3. The van der Waals surface area contributed by atoms with Crippen molar-refractivity contribution in [1.29, 1.82) is 0 Å². The van der Waals surface area contributed by atoms with Gasteiger partial charge in [0.05, 0.1) is 10.9 Å². The van der Waals surface area contributed by atoms with E-state index in [9.17, 15) is 8.42 Å². The van der Waals surface area contributed by atoms with Crippen molar-refractivity contribution in [3.63, 3.8) is 0 Å². The number of nitrogens with zero attached hydrogens (tertiary/aromatic N) is 3. The van der Waals surface area contributed by atoms with E-state index in [0.717, 1.165) is 10.7 Å². The number of hydrogen-bond donors (Lipinski definition) is 1. The maximum Gasteiger partial charge on any atom is 0.241 e. The molecule has 0 fully saturated rings. The van der Waals surface area contributed by atoms with Crippen LogP contribution in [0.15, 0.2) is 77.3 Å². The van der Waals surface area contributed by atoms with Crippen molar-refractivity contribution in [3.05, 3.63) is 83.7 Å². The van der Waals surface area contributed by atoms with Gasteiger partial charge in [-0.25, -0.2) is 13.1 Å². The maximum atomic E-state index is 13.1. The van der Waals surface area contributed by atoms with Gasteiger partial charge in [0.2, 0.25) is 10.0 Å². The molecule has 0 spiro atoms. The highest BCUT2D eigenvalue weighted by Crippen LogP contribution is 2.25. The predicted molar refractivity (Wildman–Crippen MR) is 121 cm³/mol. The van der Waals surface area contributed by atoms with Crippen LogP contribution < -0.4 is 4.72 Å². The highest BCUT2D eigenvalue weighted by atomic mass is 35.5. The Balaban J connectivity index is 1.98. The fourth-order valence-corrected chi connectivity index (χ4v) is 5.06. The molecule has 0 aliphatic heterocycles. The number of rotatable bonds is 10. The Morgan fingerprint density at radius 3 is 2.50 bits per heavy atom. The molecule has 0 unspecified atom stereocenters. The first-order chi connectivity index (χ1) is 14.4. The van der Waals surface area contributed by atoms with Crippen molar-refractivity contribution in [1.82, 2.24) is 19.5 Å². The third-order valence-corrected chi connectivity index (χ3v) is 7.11. The summed E-state index contributed by atoms with van der Waals surface area (Å²) >= 11 is 7.42. The van der Waals surface area contributed by atoms with E-state index in [2.05, 4.69) is 21.5 Å². The van der Waals surface area contributed by atoms with Crippen LogP contribution in [0.2, 0.25) is 5.02 Å². The van der Waals surface area contributed by atoms with E-state index in [0.29, 0.717) is 29.6 Å². The Morgan fingerprint density at radius 2 is 1.87 bits per heavy atom. The minimum atomic E-state index is -3.79. The van der Waals surface area contributed by atoms with Crippen LogP contribution in [0.5, 0.6) is 0 Å². The van der Waals surface area contributed by atoms with E-state index < -0.39 is 16.1 Å². The first kappa shape index (κ1) is 22.6. The van der Waals surface area contributed by atoms with Gasteiger partial charge in [0.15, 0.2) is 11.0 Å². The lowest BCUT2D eigenvalue weighted by atomic mass is 10.1. The summed E-state index contributed by atoms with van der Waals surface area (Å²) in [6.45, 7) is 6.34. The van der Waals surface area contributed by atoms with Crippen LogP contribution in [0, 0.1) is 0 Å². The topological polar surface area (TPSA) is 76.9 Å². The molecule has 0 radical (unpaired) electrons. The number of aromatic nitrogens is 3. The van der Waals surface area contributed by atoms with Crippen molar-refractivity contribution in [3.8, 4) is 0 Å². The minimum Gasteiger partial charge on any atom is -0.305 e. The number of halogens is 1. The van der Waals surface area contributed by atoms with Crippen molar-refractivity contribution < 1.29 is 8.42 Å². The molecule has 2 aromatic carbocycles. The quantitative estimate of drug-likeness (QED) is 0.354. The average molecular weight is 463 g/mol. The van der Waals surface area contributed by atoms with Crippen LogP contribution in [-0.2, 0) is 23.0 Å². The number of nitrogens with one attached hydrogen (secondary N) is 1. The van der Waals surface area contributed by atoms with Crippen LogP contribution in [0.1, 0.15) is 24.4 Å². The van der Waals surface area contributed by atoms with Gasteiger partial charge in [0.1, 0.15) is 0 Å². The summed E-state index contributed by atoms with van der Waals surface area (Å²) in [6.07, 6.45) is 2.24. The molecule has 0 saturated carbocycles. The lowest BCUT2D eigenvalue weighted by Gasteiger charge is -2.19. The van der Waals surface area contributed by atoms with Gasteiger partial charge in [-0.2, -0.15) is 0 Å². The van der Waals surface area contributed by atoms with E-state index in [1.165, 1.54) is 23.9 Å². The Morgan fingerprint density at radius 1 is 1.17 bits per heavy atom. The van der Waals surface area contributed by atoms with Gasteiger partial charge < -0.3 is 4.57 Å². The summed E-state index contributed by atoms with van der Waals surface area (Å²) in [5.41, 5.74) is 0.993. The van der Waals surface area contributed by atoms with Crippen LogP contribution >= 0.6 is 23.4 Å². The summed E-state index contributed by atoms with van der Waals surface area (Å²) in [6, 6.07) is 15.2. The third kappa shape index (κ3) is 5.51. The molecule has 1 N–H and O–H groups in total. The molecule has 0 bridgehead atoms. The second-order valence-electron chi connectivity index (χ2n) is 6.50. The lowest BCUT2D eigenvalue weighted by molar-refractivity contribution is 0.518. The second-order valence-corrected chi connectivity index (χ2v) is 9.64. The summed E-state index contributed by atoms with van der Waals surface area (Å²) in [7, 11) is -3.79. The largest absolute Gasteiger partial charge is 0.305 e. The number of benzene rings is 2. The zero-order valence-corrected chi connectivity index (χ0v) is 18.9. The van der Waals surface area contributed by atoms with E-state index in [-0.39, 0.29) is 4.90 Å². The van der Waals surface area contributed by atoms with Crippen molar-refractivity contribution >= 4 is 33.4 Å². The Bertz CT molecular complexity index is 1080. The maximum absolute atomic E-state index is 13.1. The van der Waals surface area contributed by atoms with E-state index in [1.54, 1.807) is 18.2 Å². The molecule has 0 aliphatic carbocycles. The molecule has 1 heterocycles. The highest BCUT2D eigenvalue weighted by Gasteiger charge is 2.27. The molecule has 30 heavy (non-hydrogen) atoms. The molecule has 9 heteroatoms. The Hall–Kier alpha value is -2.13. The summed E-state index contributed by atoms with van der Waals surface area (Å²) in [5.74, 6) is 1.27. The van der Waals surface area contributed by atoms with E-state index >= 15 is 0 Å². The van der Waals surface area contributed by atoms with Crippen molar-refractivity contribution in [2.75, 3.05) is 5.75 Å². The molecule has 3 aromatic rings. The van der Waals surface area contributed by atoms with Gasteiger partial charge in [-0.3, -0.25) is 0 Å². The summed E-state index contributed by atoms with van der Waals surface area (Å²) < 4.78 is 30.9. The van der Waals surface area contributed by atoms with Gasteiger partial charge in [0, 0.05) is 17.3 Å². The fourth-order valence-electron chi connectivity index (χ4n) is 3.00. The van der Waals surface area contributed by atoms with Crippen LogP contribution in [-0.4, -0.2) is 28.9 Å². The zero-order chi connectivity index (χ0) is 21.6. The number of hydrogen-bond acceptors (Lipinski definition) is 5. The SMILES string of the molecule is C=CCSc1nnc([C@@H](Cc2ccccc2)NS(=O)(=O)c2ccc(Cl)cc2)n1CC. The first-order valence-corrected chi connectivity index (χ1v) is 12.3. The number of sulfonamides is 1. The van der Waals surface area contributed by atoms with Gasteiger partial charge >= 0.3 is 0 Å². The van der Waals surface area contributed by atoms with Gasteiger partial charge in [-0.1, -0.05) is 59.8 Å². The molecule has 1 atom stereocenters. The van der Waals surface area contributed by atoms with Gasteiger partial charge in [-0.05, 0) is 43.2 Å². The van der Waals surface area contributed by atoms with Gasteiger partial charge in [-0.15, -0.1) is 16.8 Å². The smallest absolute Gasteiger partial charge is 0.241 e. The van der Waals surface area contributed by atoms with Crippen LogP contribution in [0.25, 0.3) is 0 Å². The normalized spacial score (nSPS) is 12.6. The minimum absolute atomic E-state index is 0.147. The monoisotopic (exact) mass is 462 g/mol. The molecule has 158 valence electrons. The fraction of sp³-hybridized carbons (Fsp3) is 0.238. The van der Waals surface area contributed by atoms with E-state index in [4.69, 9.17) is 11.6 Å². The van der Waals surface area contributed by atoms with E-state index in [1.807, 2.05) is 41.8 Å². The van der Waals surface area contributed by atoms with Crippen LogP contribution in [0.4, 0.5) is 0 Å². The first-order valence-electron chi connectivity index (χ1n) is 9.43. The van der Waals surface area contributed by atoms with Gasteiger partial charge in [0.25, 0.3) is 0 Å². The molecule has 0 aliphatic rings. The third-order valence-electron chi connectivity index (χ3n) is 4.41. The molecule has 3 rings (SSSR count). The van der Waals surface area contributed by atoms with Crippen molar-refractivity contribution in [2.24, 2.45) is 0 Å². The summed E-state index contributed by atoms with van der Waals surface area (Å²) in [4.78, 5) is 0.147. The standard InChI is InChI=1S/C21H23ClN4O2S2/c1-3-14-29-21-24-23-20(26(21)4-2)19(15-16-8-6-5-7-9-16)25-30(27,28)18-12-10-17(22)11-13-18/h3,5-13,19,25H,1,4,14-15H2,2H3/t19-/m1/s1. The molecular weight excluding hydrogens is 440 g/mol. The molecule has 6 nitrogen and oxygen atoms in total.